The van der Waals surface area contributed by atoms with Crippen LogP contribution in [0.3, 0.4) is 0 Å². The fourth-order valence-corrected chi connectivity index (χ4v) is 4.96. The second-order valence-corrected chi connectivity index (χ2v) is 11.1. The highest BCUT2D eigenvalue weighted by Crippen LogP contribution is 2.31. The lowest BCUT2D eigenvalue weighted by molar-refractivity contribution is 0.0341. The molecule has 1 aliphatic heterocycles. The molecule has 3 atom stereocenters. The first-order chi connectivity index (χ1) is 19.6. The molecule has 0 radical (unpaired) electrons. The van der Waals surface area contributed by atoms with Gasteiger partial charge in [0.25, 0.3) is 11.8 Å². The number of benzene rings is 3. The van der Waals surface area contributed by atoms with E-state index in [1.54, 1.807) is 17.0 Å². The molecular weight excluding hydrogens is 518 g/mol. The van der Waals surface area contributed by atoms with Crippen molar-refractivity contribution in [1.29, 1.82) is 0 Å². The maximum atomic E-state index is 13.5. The molecule has 0 aromatic heterocycles. The zero-order valence-electron chi connectivity index (χ0n) is 24.5. The second-order valence-electron chi connectivity index (χ2n) is 11.1. The Morgan fingerprint density at radius 3 is 2.49 bits per heavy atom. The Balaban J connectivity index is 1.47. The average Bonchev–Trinajstić information content (AvgIpc) is 2.95. The van der Waals surface area contributed by atoms with Crippen LogP contribution in [0.1, 0.15) is 40.1 Å². The van der Waals surface area contributed by atoms with Gasteiger partial charge in [-0.2, -0.15) is 0 Å². The van der Waals surface area contributed by atoms with E-state index < -0.39 is 0 Å². The normalized spacial score (nSPS) is 17.7. The van der Waals surface area contributed by atoms with Crippen LogP contribution in [0.15, 0.2) is 66.7 Å². The number of nitrogens with two attached hydrogens (primary N) is 1. The predicted molar refractivity (Wildman–Crippen MR) is 164 cm³/mol. The summed E-state index contributed by atoms with van der Waals surface area (Å²) in [6.07, 6.45) is -0.188. The molecule has 218 valence electrons. The first-order valence-electron chi connectivity index (χ1n) is 13.9. The minimum Gasteiger partial charge on any atom is -0.488 e. The number of nitrogen functional groups attached to an aromatic ring is 1. The molecule has 2 amide bonds. The van der Waals surface area contributed by atoms with Crippen LogP contribution in [0.4, 0.5) is 17.1 Å². The summed E-state index contributed by atoms with van der Waals surface area (Å²) in [5.41, 5.74) is 10.1. The lowest BCUT2D eigenvalue weighted by atomic mass is 9.99. The van der Waals surface area contributed by atoms with Crippen molar-refractivity contribution >= 4 is 28.9 Å². The first kappa shape index (κ1) is 29.9. The molecule has 0 spiro atoms. The monoisotopic (exact) mass is 559 g/mol. The molecule has 0 aliphatic carbocycles. The topological polar surface area (TPSA) is 111 Å². The molecule has 4 N–H and O–H groups in total. The van der Waals surface area contributed by atoms with Gasteiger partial charge >= 0.3 is 0 Å². The summed E-state index contributed by atoms with van der Waals surface area (Å²) in [7, 11) is 5.90. The molecule has 0 saturated heterocycles. The van der Waals surface area contributed by atoms with Crippen LogP contribution < -0.4 is 20.7 Å². The van der Waals surface area contributed by atoms with Crippen LogP contribution >= 0.6 is 0 Å². The number of rotatable bonds is 9. The number of anilines is 3. The fraction of sp³-hybridized carbons (Fsp3) is 0.375. The van der Waals surface area contributed by atoms with E-state index in [2.05, 4.69) is 17.1 Å². The lowest BCUT2D eigenvalue weighted by Gasteiger charge is -2.38. The van der Waals surface area contributed by atoms with Crippen molar-refractivity contribution in [3.05, 3.63) is 83.4 Å². The standard InChI is InChI=1S/C32H41N5O4/c1-21-17-37(22(2)20-38)32(40)26-16-25(35(3)4)14-15-29(26)41-30(21)19-36(5)18-23-10-12-24(13-11-23)31(39)34-28-9-7-6-8-27(28)33/h6-16,21-22,30,38H,17-20,33H2,1-5H3,(H,34,39)/t21-,22-,30+/m0/s1. The van der Waals surface area contributed by atoms with E-state index in [9.17, 15) is 14.7 Å². The molecule has 0 bridgehead atoms. The third-order valence-corrected chi connectivity index (χ3v) is 7.53. The number of nitrogens with one attached hydrogen (secondary N) is 1. The van der Waals surface area contributed by atoms with Gasteiger partial charge in [-0.1, -0.05) is 31.2 Å². The zero-order valence-corrected chi connectivity index (χ0v) is 24.5. The van der Waals surface area contributed by atoms with Crippen molar-refractivity contribution in [1.82, 2.24) is 9.80 Å². The Labute approximate surface area is 242 Å². The molecular formula is C32H41N5O4. The van der Waals surface area contributed by atoms with Crippen LogP contribution in [-0.4, -0.2) is 79.7 Å². The molecule has 0 unspecified atom stereocenters. The molecule has 3 aromatic rings. The molecule has 9 heteroatoms. The van der Waals surface area contributed by atoms with Gasteiger partial charge in [0, 0.05) is 50.9 Å². The summed E-state index contributed by atoms with van der Waals surface area (Å²) in [4.78, 5) is 32.1. The number of carbonyl (C=O) groups excluding carboxylic acids is 2. The highest BCUT2D eigenvalue weighted by Gasteiger charge is 2.33. The molecule has 0 saturated carbocycles. The van der Waals surface area contributed by atoms with Crippen molar-refractivity contribution in [2.45, 2.75) is 32.5 Å². The van der Waals surface area contributed by atoms with E-state index in [0.29, 0.717) is 47.9 Å². The number of fused-ring (bicyclic) bond motifs is 1. The summed E-state index contributed by atoms with van der Waals surface area (Å²) >= 11 is 0. The fourth-order valence-electron chi connectivity index (χ4n) is 4.96. The van der Waals surface area contributed by atoms with Crippen LogP contribution in [-0.2, 0) is 6.54 Å². The van der Waals surface area contributed by atoms with Crippen LogP contribution in [0.5, 0.6) is 5.75 Å². The number of para-hydroxylation sites is 2. The SMILES string of the molecule is C[C@H]1CN([C@@H](C)CO)C(=O)c2cc(N(C)C)ccc2O[C@@H]1CN(C)Cc1ccc(C(=O)Nc2ccccc2N)cc1. The Kier molecular flexibility index (Phi) is 9.52. The Morgan fingerprint density at radius 1 is 1.12 bits per heavy atom. The van der Waals surface area contributed by atoms with Gasteiger partial charge in [0.05, 0.1) is 29.6 Å². The van der Waals surface area contributed by atoms with Gasteiger partial charge in [-0.15, -0.1) is 0 Å². The smallest absolute Gasteiger partial charge is 0.258 e. The van der Waals surface area contributed by atoms with Crippen molar-refractivity contribution in [3.63, 3.8) is 0 Å². The zero-order chi connectivity index (χ0) is 29.7. The number of aliphatic hydroxyl groups is 1. The number of ether oxygens (including phenoxy) is 1. The molecule has 9 nitrogen and oxygen atoms in total. The predicted octanol–water partition coefficient (Wildman–Crippen LogP) is 3.94. The maximum Gasteiger partial charge on any atom is 0.258 e. The first-order valence-corrected chi connectivity index (χ1v) is 13.9. The number of nitrogens with zero attached hydrogens (tertiary/aromatic N) is 3. The van der Waals surface area contributed by atoms with E-state index in [0.717, 1.165) is 11.3 Å². The van der Waals surface area contributed by atoms with Crippen molar-refractivity contribution < 1.29 is 19.4 Å². The maximum absolute atomic E-state index is 13.5. The van der Waals surface area contributed by atoms with E-state index in [4.69, 9.17) is 10.5 Å². The Morgan fingerprint density at radius 2 is 1.83 bits per heavy atom. The van der Waals surface area contributed by atoms with Crippen LogP contribution in [0, 0.1) is 5.92 Å². The van der Waals surface area contributed by atoms with E-state index in [-0.39, 0.29) is 36.5 Å². The van der Waals surface area contributed by atoms with Gasteiger partial charge in [0.15, 0.2) is 0 Å². The summed E-state index contributed by atoms with van der Waals surface area (Å²) in [5, 5.41) is 12.7. The van der Waals surface area contributed by atoms with Gasteiger partial charge in [-0.25, -0.2) is 0 Å². The van der Waals surface area contributed by atoms with Gasteiger partial charge in [0.1, 0.15) is 11.9 Å². The number of hydrogen-bond donors (Lipinski definition) is 3. The van der Waals surface area contributed by atoms with Gasteiger partial charge in [-0.3, -0.25) is 14.5 Å². The number of likely N-dealkylation sites (N-methyl/N-ethyl adjacent to an activating group) is 1. The van der Waals surface area contributed by atoms with Crippen molar-refractivity contribution in [2.24, 2.45) is 5.92 Å². The molecule has 1 aliphatic rings. The second kappa shape index (κ2) is 13.1. The largest absolute Gasteiger partial charge is 0.488 e. The number of amides is 2. The average molecular weight is 560 g/mol. The minimum atomic E-state index is -0.314. The van der Waals surface area contributed by atoms with Gasteiger partial charge < -0.3 is 30.7 Å². The molecule has 41 heavy (non-hydrogen) atoms. The van der Waals surface area contributed by atoms with E-state index in [1.807, 2.05) is 87.6 Å². The summed E-state index contributed by atoms with van der Waals surface area (Å²) in [5.74, 6) is 0.221. The molecule has 1 heterocycles. The van der Waals surface area contributed by atoms with Gasteiger partial charge in [0.2, 0.25) is 0 Å². The Bertz CT molecular complexity index is 1360. The third-order valence-electron chi connectivity index (χ3n) is 7.53. The third kappa shape index (κ3) is 7.17. The number of carbonyl (C=O) groups is 2. The molecule has 4 rings (SSSR count). The minimum absolute atomic E-state index is 0.0218. The quantitative estimate of drug-likeness (QED) is 0.341. The van der Waals surface area contributed by atoms with E-state index >= 15 is 0 Å². The highest BCUT2D eigenvalue weighted by atomic mass is 16.5. The molecule has 3 aromatic carbocycles. The van der Waals surface area contributed by atoms with Crippen LogP contribution in [0.2, 0.25) is 0 Å². The summed E-state index contributed by atoms with van der Waals surface area (Å²) in [6.45, 7) is 5.58. The van der Waals surface area contributed by atoms with Gasteiger partial charge in [-0.05, 0) is 62.0 Å². The summed E-state index contributed by atoms with van der Waals surface area (Å²) in [6, 6.07) is 20.0. The van der Waals surface area contributed by atoms with Crippen LogP contribution in [0.25, 0.3) is 0 Å². The van der Waals surface area contributed by atoms with Crippen molar-refractivity contribution in [3.8, 4) is 5.75 Å². The highest BCUT2D eigenvalue weighted by molar-refractivity contribution is 6.05. The number of aliphatic hydroxyl groups excluding tert-OH is 1. The molecule has 0 fully saturated rings. The Hall–Kier alpha value is -4.08. The van der Waals surface area contributed by atoms with E-state index in [1.165, 1.54) is 0 Å². The summed E-state index contributed by atoms with van der Waals surface area (Å²) < 4.78 is 6.51. The van der Waals surface area contributed by atoms with Crippen molar-refractivity contribution in [2.75, 3.05) is 56.8 Å². The lowest BCUT2D eigenvalue weighted by Crippen LogP contribution is -2.49. The number of hydrogen-bond acceptors (Lipinski definition) is 7.